The molecule has 15 heavy (non-hydrogen) atoms. The third-order valence-corrected chi connectivity index (χ3v) is 2.03. The molecule has 0 saturated carbocycles. The number of ether oxygens (including phenoxy) is 1. The van der Waals surface area contributed by atoms with E-state index in [2.05, 4.69) is 10.3 Å². The summed E-state index contributed by atoms with van der Waals surface area (Å²) in [5.41, 5.74) is 7.43. The van der Waals surface area contributed by atoms with E-state index in [1.54, 1.807) is 0 Å². The average molecular weight is 209 g/mol. The molecule has 1 rings (SSSR count). The molecule has 0 spiro atoms. The van der Waals surface area contributed by atoms with Crippen molar-refractivity contribution in [2.24, 2.45) is 0 Å². The fraction of sp³-hybridized carbons (Fsp3) is 0.545. The smallest absolute Gasteiger partial charge is 0.149 e. The topological polar surface area (TPSA) is 60.2 Å². The molecule has 4 heteroatoms. The van der Waals surface area contributed by atoms with E-state index in [1.807, 2.05) is 26.0 Å². The molecule has 0 radical (unpaired) electrons. The van der Waals surface area contributed by atoms with Gasteiger partial charge in [-0.1, -0.05) is 0 Å². The third-order valence-electron chi connectivity index (χ3n) is 2.03. The molecule has 0 saturated heterocycles. The molecule has 0 aliphatic carbocycles. The lowest BCUT2D eigenvalue weighted by molar-refractivity contribution is 0.147. The second-order valence-corrected chi connectivity index (χ2v) is 3.37. The lowest BCUT2D eigenvalue weighted by Crippen LogP contribution is -2.09. The van der Waals surface area contributed by atoms with Crippen molar-refractivity contribution >= 4 is 11.5 Å². The van der Waals surface area contributed by atoms with Crippen LogP contribution in [0.25, 0.3) is 0 Å². The van der Waals surface area contributed by atoms with E-state index in [4.69, 9.17) is 10.5 Å². The normalized spacial score (nSPS) is 10.3. The summed E-state index contributed by atoms with van der Waals surface area (Å²) in [5.74, 6) is 0.770. The lowest BCUT2D eigenvalue weighted by Gasteiger charge is -2.08. The summed E-state index contributed by atoms with van der Waals surface area (Å²) in [7, 11) is 0. The highest BCUT2D eigenvalue weighted by Crippen LogP contribution is 2.14. The van der Waals surface area contributed by atoms with E-state index in [9.17, 15) is 0 Å². The number of nitrogens with zero attached hydrogens (tertiary/aromatic N) is 1. The Morgan fingerprint density at radius 2 is 2.27 bits per heavy atom. The highest BCUT2D eigenvalue weighted by molar-refractivity contribution is 5.61. The Kier molecular flexibility index (Phi) is 4.90. The van der Waals surface area contributed by atoms with Gasteiger partial charge in [0.15, 0.2) is 0 Å². The largest absolute Gasteiger partial charge is 0.396 e. The molecule has 1 aromatic heterocycles. The van der Waals surface area contributed by atoms with Crippen LogP contribution in [0.15, 0.2) is 12.1 Å². The van der Waals surface area contributed by atoms with Crippen LogP contribution in [0.2, 0.25) is 0 Å². The number of pyridine rings is 1. The lowest BCUT2D eigenvalue weighted by atomic mass is 10.3. The van der Waals surface area contributed by atoms with Gasteiger partial charge < -0.3 is 15.8 Å². The van der Waals surface area contributed by atoms with Gasteiger partial charge in [0, 0.05) is 25.5 Å². The molecule has 0 amide bonds. The van der Waals surface area contributed by atoms with Gasteiger partial charge in [-0.3, -0.25) is 0 Å². The molecule has 0 unspecified atom stereocenters. The summed E-state index contributed by atoms with van der Waals surface area (Å²) < 4.78 is 5.23. The number of aryl methyl sites for hydroxylation is 1. The molecule has 84 valence electrons. The molecular formula is C11H19N3O. The molecule has 4 nitrogen and oxygen atoms in total. The standard InChI is InChI=1S/C11H19N3O/c1-3-15-8-4-7-13-11-10(12)6-5-9(2)14-11/h5-6H,3-4,7-8,12H2,1-2H3,(H,13,14). The molecular weight excluding hydrogens is 190 g/mol. The van der Waals surface area contributed by atoms with Crippen molar-refractivity contribution in [3.63, 3.8) is 0 Å². The van der Waals surface area contributed by atoms with Gasteiger partial charge in [-0.25, -0.2) is 4.98 Å². The Balaban J connectivity index is 2.33. The van der Waals surface area contributed by atoms with Gasteiger partial charge in [0.05, 0.1) is 5.69 Å². The molecule has 3 N–H and O–H groups in total. The van der Waals surface area contributed by atoms with Gasteiger partial charge in [-0.2, -0.15) is 0 Å². The van der Waals surface area contributed by atoms with Crippen LogP contribution in [0, 0.1) is 6.92 Å². The highest BCUT2D eigenvalue weighted by Gasteiger charge is 1.99. The molecule has 0 bridgehead atoms. The van der Waals surface area contributed by atoms with Gasteiger partial charge >= 0.3 is 0 Å². The summed E-state index contributed by atoms with van der Waals surface area (Å²) >= 11 is 0. The minimum Gasteiger partial charge on any atom is -0.396 e. The van der Waals surface area contributed by atoms with Gasteiger partial charge in [0.2, 0.25) is 0 Å². The van der Waals surface area contributed by atoms with Crippen LogP contribution in [-0.2, 0) is 4.74 Å². The average Bonchev–Trinajstić information content (AvgIpc) is 2.23. The van der Waals surface area contributed by atoms with E-state index >= 15 is 0 Å². The molecule has 0 atom stereocenters. The van der Waals surface area contributed by atoms with Crippen molar-refractivity contribution < 1.29 is 4.74 Å². The number of nitrogen functional groups attached to an aromatic ring is 1. The van der Waals surface area contributed by atoms with E-state index in [-0.39, 0.29) is 0 Å². The van der Waals surface area contributed by atoms with E-state index in [1.165, 1.54) is 0 Å². The molecule has 0 aromatic carbocycles. The Hall–Kier alpha value is -1.29. The van der Waals surface area contributed by atoms with E-state index in [0.717, 1.165) is 37.7 Å². The SMILES string of the molecule is CCOCCCNc1nc(C)ccc1N. The van der Waals surface area contributed by atoms with Crippen LogP contribution in [0.4, 0.5) is 11.5 Å². The predicted octanol–water partition coefficient (Wildman–Crippen LogP) is 1.81. The first kappa shape index (κ1) is 11.8. The Labute approximate surface area is 90.8 Å². The number of aromatic nitrogens is 1. The zero-order chi connectivity index (χ0) is 11.1. The maximum absolute atomic E-state index is 5.77. The van der Waals surface area contributed by atoms with Gasteiger partial charge in [0.25, 0.3) is 0 Å². The molecule has 1 heterocycles. The van der Waals surface area contributed by atoms with E-state index < -0.39 is 0 Å². The summed E-state index contributed by atoms with van der Waals surface area (Å²) in [6, 6.07) is 3.77. The van der Waals surface area contributed by atoms with E-state index in [0.29, 0.717) is 5.69 Å². The van der Waals surface area contributed by atoms with Crippen molar-refractivity contribution in [1.29, 1.82) is 0 Å². The van der Waals surface area contributed by atoms with Gasteiger partial charge in [-0.15, -0.1) is 0 Å². The number of hydrogen-bond donors (Lipinski definition) is 2. The highest BCUT2D eigenvalue weighted by atomic mass is 16.5. The zero-order valence-electron chi connectivity index (χ0n) is 9.42. The third kappa shape index (κ3) is 4.16. The van der Waals surface area contributed by atoms with Crippen molar-refractivity contribution in [2.75, 3.05) is 30.8 Å². The number of anilines is 2. The fourth-order valence-electron chi connectivity index (χ4n) is 1.23. The molecule has 0 aliphatic rings. The van der Waals surface area contributed by atoms with Crippen LogP contribution in [-0.4, -0.2) is 24.7 Å². The van der Waals surface area contributed by atoms with Gasteiger partial charge in [0.1, 0.15) is 5.82 Å². The van der Waals surface area contributed by atoms with Crippen LogP contribution in [0.5, 0.6) is 0 Å². The number of hydrogen-bond acceptors (Lipinski definition) is 4. The van der Waals surface area contributed by atoms with Gasteiger partial charge in [-0.05, 0) is 32.4 Å². The summed E-state index contributed by atoms with van der Waals surface area (Å²) in [6.45, 7) is 6.32. The quantitative estimate of drug-likeness (QED) is 0.701. The van der Waals surface area contributed by atoms with Crippen LogP contribution in [0.3, 0.4) is 0 Å². The maximum Gasteiger partial charge on any atom is 0.149 e. The molecule has 0 fully saturated rings. The number of nitrogens with one attached hydrogen (secondary N) is 1. The predicted molar refractivity (Wildman–Crippen MR) is 63.0 cm³/mol. The second-order valence-electron chi connectivity index (χ2n) is 3.37. The van der Waals surface area contributed by atoms with Crippen molar-refractivity contribution in [2.45, 2.75) is 20.3 Å². The number of nitrogens with two attached hydrogens (primary N) is 1. The summed E-state index contributed by atoms with van der Waals surface area (Å²) in [6.07, 6.45) is 0.961. The van der Waals surface area contributed by atoms with Crippen LogP contribution >= 0.6 is 0 Å². The first-order valence-electron chi connectivity index (χ1n) is 5.28. The minimum absolute atomic E-state index is 0.692. The monoisotopic (exact) mass is 209 g/mol. The zero-order valence-corrected chi connectivity index (χ0v) is 9.42. The Morgan fingerprint density at radius 1 is 1.47 bits per heavy atom. The first-order valence-corrected chi connectivity index (χ1v) is 5.28. The summed E-state index contributed by atoms with van der Waals surface area (Å²) in [4.78, 5) is 4.31. The minimum atomic E-state index is 0.692. The first-order chi connectivity index (χ1) is 7.24. The summed E-state index contributed by atoms with van der Waals surface area (Å²) in [5, 5.41) is 3.20. The van der Waals surface area contributed by atoms with Crippen LogP contribution < -0.4 is 11.1 Å². The van der Waals surface area contributed by atoms with Crippen molar-refractivity contribution in [1.82, 2.24) is 4.98 Å². The van der Waals surface area contributed by atoms with Crippen molar-refractivity contribution in [3.05, 3.63) is 17.8 Å². The maximum atomic E-state index is 5.77. The fourth-order valence-corrected chi connectivity index (χ4v) is 1.23. The second kappa shape index (κ2) is 6.24. The number of rotatable bonds is 6. The van der Waals surface area contributed by atoms with Crippen LogP contribution in [0.1, 0.15) is 19.0 Å². The van der Waals surface area contributed by atoms with Crippen molar-refractivity contribution in [3.8, 4) is 0 Å². The Bertz CT molecular complexity index is 302. The molecule has 0 aliphatic heterocycles. The Morgan fingerprint density at radius 3 is 3.00 bits per heavy atom. The molecule has 1 aromatic rings.